The fraction of sp³-hybridized carbons (Fsp3) is 0.0833. The molecule has 42 heavy (non-hydrogen) atoms. The minimum absolute atomic E-state index is 0.185. The molecule has 0 radical (unpaired) electrons. The summed E-state index contributed by atoms with van der Waals surface area (Å²) in [6, 6.07) is 43.3. The van der Waals surface area contributed by atoms with E-state index in [1.54, 1.807) is 0 Å². The van der Waals surface area contributed by atoms with Crippen LogP contribution in [0.3, 0.4) is 0 Å². The van der Waals surface area contributed by atoms with E-state index in [0.29, 0.717) is 0 Å². The average molecular weight is 545 g/mol. The molecule has 2 atom stereocenters. The normalized spacial score (nSPS) is 18.4. The summed E-state index contributed by atoms with van der Waals surface area (Å²) in [7, 11) is 0. The second-order valence-electron chi connectivity index (χ2n) is 10.8. The minimum atomic E-state index is -0.320. The summed E-state index contributed by atoms with van der Waals surface area (Å²) in [6.45, 7) is 2.12. The molecule has 0 saturated carbocycles. The highest BCUT2D eigenvalue weighted by atomic mass is 15.3. The number of hydrogen-bond acceptors (Lipinski definition) is 6. The van der Waals surface area contributed by atoms with E-state index in [9.17, 15) is 0 Å². The van der Waals surface area contributed by atoms with Crippen molar-refractivity contribution in [2.75, 3.05) is 10.6 Å². The highest BCUT2D eigenvalue weighted by Crippen LogP contribution is 2.42. The van der Waals surface area contributed by atoms with Crippen LogP contribution in [0.5, 0.6) is 0 Å². The van der Waals surface area contributed by atoms with Gasteiger partial charge in [-0.15, -0.1) is 0 Å². The van der Waals surface area contributed by atoms with Crippen molar-refractivity contribution in [2.45, 2.75) is 19.0 Å². The van der Waals surface area contributed by atoms with Crippen molar-refractivity contribution in [3.63, 3.8) is 0 Å². The maximum Gasteiger partial charge on any atom is 0.145 e. The Morgan fingerprint density at radius 2 is 1.19 bits per heavy atom. The lowest BCUT2D eigenvalue weighted by atomic mass is 9.94. The van der Waals surface area contributed by atoms with E-state index in [-0.39, 0.29) is 12.1 Å². The predicted molar refractivity (Wildman–Crippen MR) is 172 cm³/mol. The molecule has 6 nitrogen and oxygen atoms in total. The molecule has 8 rings (SSSR count). The van der Waals surface area contributed by atoms with E-state index in [0.717, 1.165) is 62.6 Å². The Balaban J connectivity index is 1.46. The molecule has 202 valence electrons. The summed E-state index contributed by atoms with van der Waals surface area (Å²) in [6.07, 6.45) is 0. The van der Waals surface area contributed by atoms with Crippen molar-refractivity contribution in [1.82, 2.24) is 4.90 Å². The molecule has 0 bridgehead atoms. The maximum absolute atomic E-state index is 5.35. The smallest absolute Gasteiger partial charge is 0.145 e. The standard InChI is InChI=1S/C36H28N6/c1-23-19-21-24(22-20-23)32-33-34(39-29-16-8-7-15-28(29)37-32)38-27-14-6-5-13-26(27)36-41-31-18-10-9-17-30(31)40-35(42(33)36)25-11-3-2-4-12-25/h2-22,32-33,37H,1H3,(H,38,39). The van der Waals surface area contributed by atoms with E-state index < -0.39 is 0 Å². The number of rotatable bonds is 2. The van der Waals surface area contributed by atoms with Crippen LogP contribution in [0.2, 0.25) is 0 Å². The monoisotopic (exact) mass is 544 g/mol. The molecule has 5 aromatic carbocycles. The molecule has 0 aliphatic carbocycles. The average Bonchev–Trinajstić information content (AvgIpc) is 3.35. The number of anilines is 2. The molecule has 6 heteroatoms. The molecule has 0 spiro atoms. The number of benzene rings is 5. The van der Waals surface area contributed by atoms with Crippen LogP contribution in [0.4, 0.5) is 28.4 Å². The maximum atomic E-state index is 5.35. The molecule has 2 unspecified atom stereocenters. The number of fused-ring (bicyclic) bond motifs is 7. The molecular formula is C36H28N6. The summed E-state index contributed by atoms with van der Waals surface area (Å²) in [4.78, 5) is 18.3. The van der Waals surface area contributed by atoms with Crippen molar-refractivity contribution in [3.8, 4) is 0 Å². The van der Waals surface area contributed by atoms with Gasteiger partial charge in [-0.05, 0) is 48.9 Å². The Labute approximate surface area is 244 Å². The lowest BCUT2D eigenvalue weighted by Gasteiger charge is -2.38. The summed E-state index contributed by atoms with van der Waals surface area (Å²) >= 11 is 0. The van der Waals surface area contributed by atoms with Gasteiger partial charge in [-0.25, -0.2) is 15.0 Å². The first-order valence-electron chi connectivity index (χ1n) is 14.2. The summed E-state index contributed by atoms with van der Waals surface area (Å²) < 4.78 is 0. The fourth-order valence-electron chi connectivity index (χ4n) is 5.96. The van der Waals surface area contributed by atoms with Gasteiger partial charge < -0.3 is 10.6 Å². The lowest BCUT2D eigenvalue weighted by molar-refractivity contribution is 0.482. The van der Waals surface area contributed by atoms with Crippen molar-refractivity contribution >= 4 is 45.9 Å². The van der Waals surface area contributed by atoms with Crippen molar-refractivity contribution in [3.05, 3.63) is 150 Å². The van der Waals surface area contributed by atoms with E-state index in [2.05, 4.69) is 107 Å². The third kappa shape index (κ3) is 4.08. The van der Waals surface area contributed by atoms with Crippen LogP contribution < -0.4 is 10.6 Å². The fourth-order valence-corrected chi connectivity index (χ4v) is 5.96. The first-order valence-corrected chi connectivity index (χ1v) is 14.2. The summed E-state index contributed by atoms with van der Waals surface area (Å²) in [5, 5.41) is 7.64. The topological polar surface area (TPSA) is 64.4 Å². The van der Waals surface area contributed by atoms with E-state index in [1.165, 1.54) is 5.56 Å². The third-order valence-corrected chi connectivity index (χ3v) is 8.02. The van der Waals surface area contributed by atoms with Crippen molar-refractivity contribution in [1.29, 1.82) is 0 Å². The quantitative estimate of drug-likeness (QED) is 0.236. The minimum Gasteiger partial charge on any atom is -0.374 e. The molecule has 2 N–H and O–H groups in total. The van der Waals surface area contributed by atoms with Gasteiger partial charge in [0, 0.05) is 11.1 Å². The van der Waals surface area contributed by atoms with E-state index in [4.69, 9.17) is 15.0 Å². The van der Waals surface area contributed by atoms with Gasteiger partial charge in [0.25, 0.3) is 0 Å². The molecule has 0 amide bonds. The molecule has 3 aliphatic heterocycles. The van der Waals surface area contributed by atoms with Gasteiger partial charge in [0.05, 0.1) is 34.5 Å². The molecule has 0 saturated heterocycles. The predicted octanol–water partition coefficient (Wildman–Crippen LogP) is 8.16. The van der Waals surface area contributed by atoms with Gasteiger partial charge in [0.2, 0.25) is 0 Å². The highest BCUT2D eigenvalue weighted by molar-refractivity contribution is 6.23. The Bertz CT molecular complexity index is 1910. The molecule has 0 aromatic heterocycles. The second-order valence-corrected chi connectivity index (χ2v) is 10.8. The Morgan fingerprint density at radius 3 is 1.95 bits per heavy atom. The van der Waals surface area contributed by atoms with Crippen LogP contribution in [-0.2, 0) is 0 Å². The third-order valence-electron chi connectivity index (χ3n) is 8.02. The summed E-state index contributed by atoms with van der Waals surface area (Å²) in [5.74, 6) is 2.46. The Morgan fingerprint density at radius 1 is 0.571 bits per heavy atom. The van der Waals surface area contributed by atoms with Gasteiger partial charge in [-0.2, -0.15) is 0 Å². The summed E-state index contributed by atoms with van der Waals surface area (Å²) in [5.41, 5.74) is 8.83. The number of nitrogens with zero attached hydrogens (tertiary/aromatic N) is 4. The highest BCUT2D eigenvalue weighted by Gasteiger charge is 2.43. The van der Waals surface area contributed by atoms with Crippen molar-refractivity contribution < 1.29 is 0 Å². The van der Waals surface area contributed by atoms with Crippen LogP contribution in [0, 0.1) is 6.92 Å². The van der Waals surface area contributed by atoms with Crippen LogP contribution in [0.1, 0.15) is 28.3 Å². The first kappa shape index (κ1) is 24.3. The molecule has 0 fully saturated rings. The van der Waals surface area contributed by atoms with Gasteiger partial charge in [0.1, 0.15) is 23.5 Å². The molecular weight excluding hydrogens is 516 g/mol. The largest absolute Gasteiger partial charge is 0.374 e. The van der Waals surface area contributed by atoms with Gasteiger partial charge in [-0.3, -0.25) is 4.90 Å². The Hall–Kier alpha value is -5.49. The number of para-hydroxylation sites is 5. The first-order chi connectivity index (χ1) is 20.7. The van der Waals surface area contributed by atoms with Crippen LogP contribution in [0.25, 0.3) is 0 Å². The van der Waals surface area contributed by atoms with Gasteiger partial charge in [0.15, 0.2) is 0 Å². The van der Waals surface area contributed by atoms with Gasteiger partial charge in [-0.1, -0.05) is 96.6 Å². The zero-order valence-corrected chi connectivity index (χ0v) is 23.1. The van der Waals surface area contributed by atoms with Crippen LogP contribution >= 0.6 is 0 Å². The second kappa shape index (κ2) is 9.85. The Kier molecular flexibility index (Phi) is 5.71. The van der Waals surface area contributed by atoms with Crippen molar-refractivity contribution in [2.24, 2.45) is 15.0 Å². The zero-order chi connectivity index (χ0) is 28.0. The van der Waals surface area contributed by atoms with Crippen LogP contribution in [0.15, 0.2) is 142 Å². The molecule has 5 aromatic rings. The number of aliphatic imine (C=N–C) groups is 3. The molecule has 3 aliphatic rings. The zero-order valence-electron chi connectivity index (χ0n) is 23.1. The number of amidine groups is 3. The van der Waals surface area contributed by atoms with Gasteiger partial charge >= 0.3 is 0 Å². The number of nitrogens with one attached hydrogen (secondary N) is 2. The van der Waals surface area contributed by atoms with E-state index >= 15 is 0 Å². The lowest BCUT2D eigenvalue weighted by Crippen LogP contribution is -2.53. The van der Waals surface area contributed by atoms with Crippen LogP contribution in [-0.4, -0.2) is 28.4 Å². The SMILES string of the molecule is Cc1ccc(C2Nc3ccccc3NC3=Nc4ccccc4C4=Nc5ccccc5N=C(c5ccccc5)N4C32)cc1. The molecule has 3 heterocycles. The number of hydrogen-bond donors (Lipinski definition) is 2. The van der Waals surface area contributed by atoms with E-state index in [1.807, 2.05) is 42.5 Å². The number of aryl methyl sites for hydroxylation is 1.